The molecule has 594 valence electrons. The maximum absolute atomic E-state index is 13.1. The van der Waals surface area contributed by atoms with E-state index in [1.807, 2.05) is 0 Å². The Labute approximate surface area is 613 Å². The number of phosphoric ester groups is 2. The number of hydrogen-bond acceptors (Lipinski definition) is 15. The number of esters is 4. The topological polar surface area (TPSA) is 237 Å². The molecule has 100 heavy (non-hydrogen) atoms. The lowest BCUT2D eigenvalue weighted by atomic mass is 9.99. The molecule has 6 atom stereocenters. The summed E-state index contributed by atoms with van der Waals surface area (Å²) in [6.07, 6.45) is 62.2. The predicted molar refractivity (Wildman–Crippen MR) is 409 cm³/mol. The van der Waals surface area contributed by atoms with Gasteiger partial charge < -0.3 is 33.8 Å². The molecule has 0 radical (unpaired) electrons. The molecule has 3 unspecified atom stereocenters. The van der Waals surface area contributed by atoms with Crippen LogP contribution in [0.4, 0.5) is 0 Å². The van der Waals surface area contributed by atoms with Crippen molar-refractivity contribution in [3.05, 3.63) is 0 Å². The van der Waals surface area contributed by atoms with Crippen molar-refractivity contribution in [2.24, 2.45) is 11.8 Å². The van der Waals surface area contributed by atoms with Gasteiger partial charge >= 0.3 is 39.5 Å². The third kappa shape index (κ3) is 73.0. The first-order valence-electron chi connectivity index (χ1n) is 42.0. The monoisotopic (exact) mass is 1470 g/mol. The Morgan fingerprint density at radius 1 is 0.290 bits per heavy atom. The molecule has 0 bridgehead atoms. The third-order valence-corrected chi connectivity index (χ3v) is 21.2. The average Bonchev–Trinajstić information content (AvgIpc) is 0.920. The van der Waals surface area contributed by atoms with Crippen molar-refractivity contribution in [2.45, 2.75) is 445 Å². The lowest BCUT2D eigenvalue weighted by Gasteiger charge is -2.21. The largest absolute Gasteiger partial charge is 0.472 e. The minimum Gasteiger partial charge on any atom is -0.462 e. The van der Waals surface area contributed by atoms with Gasteiger partial charge in [-0.05, 0) is 37.5 Å². The number of carbonyl (C=O) groups is 4. The second-order valence-electron chi connectivity index (χ2n) is 29.9. The number of phosphoric acid groups is 2. The zero-order valence-electron chi connectivity index (χ0n) is 65.5. The zero-order valence-corrected chi connectivity index (χ0v) is 67.3. The summed E-state index contributed by atoms with van der Waals surface area (Å²) in [5, 5.41) is 10.6. The molecule has 0 aromatic heterocycles. The molecule has 0 aromatic rings. The van der Waals surface area contributed by atoms with Crippen LogP contribution in [0.1, 0.15) is 427 Å². The van der Waals surface area contributed by atoms with Crippen molar-refractivity contribution in [1.82, 2.24) is 0 Å². The average molecular weight is 1470 g/mol. The minimum atomic E-state index is -4.96. The molecule has 3 N–H and O–H groups in total. The lowest BCUT2D eigenvalue weighted by molar-refractivity contribution is -0.161. The van der Waals surface area contributed by atoms with Crippen LogP contribution in [0.25, 0.3) is 0 Å². The van der Waals surface area contributed by atoms with Gasteiger partial charge in [-0.15, -0.1) is 0 Å². The van der Waals surface area contributed by atoms with Crippen LogP contribution in [-0.4, -0.2) is 96.7 Å². The van der Waals surface area contributed by atoms with Crippen LogP contribution in [0.15, 0.2) is 0 Å². The first-order valence-corrected chi connectivity index (χ1v) is 45.0. The molecule has 19 heteroatoms. The zero-order chi connectivity index (χ0) is 73.5. The van der Waals surface area contributed by atoms with E-state index in [1.54, 1.807) is 0 Å². The molecule has 0 aliphatic heterocycles. The molecule has 0 heterocycles. The maximum Gasteiger partial charge on any atom is 0.472 e. The van der Waals surface area contributed by atoms with E-state index in [9.17, 15) is 43.2 Å². The number of rotatable bonds is 80. The maximum atomic E-state index is 13.1. The van der Waals surface area contributed by atoms with E-state index in [0.717, 1.165) is 102 Å². The molecule has 0 saturated carbocycles. The molecular formula is C81H158O17P2. The van der Waals surface area contributed by atoms with Crippen LogP contribution in [0.2, 0.25) is 0 Å². The summed E-state index contributed by atoms with van der Waals surface area (Å²) in [7, 11) is -9.92. The first-order chi connectivity index (χ1) is 48.4. The smallest absolute Gasteiger partial charge is 0.462 e. The van der Waals surface area contributed by atoms with Gasteiger partial charge in [-0.3, -0.25) is 37.3 Å². The molecule has 0 spiro atoms. The van der Waals surface area contributed by atoms with Gasteiger partial charge in [0.2, 0.25) is 0 Å². The highest BCUT2D eigenvalue weighted by molar-refractivity contribution is 7.47. The van der Waals surface area contributed by atoms with E-state index < -0.39 is 97.5 Å². The van der Waals surface area contributed by atoms with Crippen molar-refractivity contribution >= 4 is 39.5 Å². The van der Waals surface area contributed by atoms with Gasteiger partial charge in [0.15, 0.2) is 12.2 Å². The van der Waals surface area contributed by atoms with Gasteiger partial charge in [0.25, 0.3) is 0 Å². The lowest BCUT2D eigenvalue weighted by Crippen LogP contribution is -2.30. The standard InChI is InChI=1S/C81H158O17P2/c1-7-10-12-14-16-18-20-21-22-30-35-41-47-53-59-65-80(85)97-76(69-91-78(83)63-57-51-45-39-19-17-15-13-11-8-2)71-95-99(87,88)93-67-75(82)68-94-100(89,90)96-72-77(70-92-79(84)64-58-52-46-40-34-29-25-23-27-32-37-43-49-55-61-73(4)5)98-81(86)66-60-54-48-42-36-31-26-24-28-33-38-44-50-56-62-74(6)9-3/h73-77,82H,7-72H2,1-6H3,(H,87,88)(H,89,90)/t74?,75-,76+,77+/m0/s1. The summed E-state index contributed by atoms with van der Waals surface area (Å²) in [5.41, 5.74) is 0. The molecule has 0 saturated heterocycles. The quantitative estimate of drug-likeness (QED) is 0.0222. The summed E-state index contributed by atoms with van der Waals surface area (Å²) < 4.78 is 68.7. The van der Waals surface area contributed by atoms with Crippen molar-refractivity contribution in [1.29, 1.82) is 0 Å². The fraction of sp³-hybridized carbons (Fsp3) is 0.951. The summed E-state index contributed by atoms with van der Waals surface area (Å²) in [6, 6.07) is 0. The number of hydrogen-bond donors (Lipinski definition) is 3. The number of aliphatic hydroxyl groups excluding tert-OH is 1. The van der Waals surface area contributed by atoms with Gasteiger partial charge in [0, 0.05) is 25.7 Å². The van der Waals surface area contributed by atoms with Crippen LogP contribution in [0.3, 0.4) is 0 Å². The van der Waals surface area contributed by atoms with E-state index in [4.69, 9.17) is 37.0 Å². The summed E-state index contributed by atoms with van der Waals surface area (Å²) in [5.74, 6) is -0.462. The first kappa shape index (κ1) is 98.1. The Kier molecular flexibility index (Phi) is 71.2. The second kappa shape index (κ2) is 72.6. The fourth-order valence-corrected chi connectivity index (χ4v) is 14.1. The SMILES string of the molecule is CCCCCCCCCCCCCCCCCC(=O)O[C@H](COC(=O)CCCCCCCCCCCC)COP(=O)(O)OC[C@H](O)COP(=O)(O)OC[C@@H](COC(=O)CCCCCCCCCCCCCCCCC(C)C)OC(=O)CCCCCCCCCCCCCCCCC(C)CC. The fourth-order valence-electron chi connectivity index (χ4n) is 12.5. The van der Waals surface area contributed by atoms with E-state index in [0.29, 0.717) is 25.7 Å². The van der Waals surface area contributed by atoms with Gasteiger partial charge in [0.1, 0.15) is 19.3 Å². The summed E-state index contributed by atoms with van der Waals surface area (Å²) in [6.45, 7) is 9.71. The highest BCUT2D eigenvalue weighted by Crippen LogP contribution is 2.45. The van der Waals surface area contributed by atoms with Crippen molar-refractivity contribution < 1.29 is 80.2 Å². The van der Waals surface area contributed by atoms with Crippen molar-refractivity contribution in [3.63, 3.8) is 0 Å². The van der Waals surface area contributed by atoms with E-state index in [2.05, 4.69) is 41.5 Å². The molecule has 0 fully saturated rings. The third-order valence-electron chi connectivity index (χ3n) is 19.3. The van der Waals surface area contributed by atoms with Crippen LogP contribution >= 0.6 is 15.6 Å². The summed E-state index contributed by atoms with van der Waals surface area (Å²) >= 11 is 0. The molecule has 0 rings (SSSR count). The molecule has 0 amide bonds. The number of unbranched alkanes of at least 4 members (excludes halogenated alkanes) is 49. The Bertz CT molecular complexity index is 1930. The highest BCUT2D eigenvalue weighted by Gasteiger charge is 2.30. The Balaban J connectivity index is 5.24. The van der Waals surface area contributed by atoms with Crippen LogP contribution in [-0.2, 0) is 65.4 Å². The highest BCUT2D eigenvalue weighted by atomic mass is 31.2. The number of carbonyl (C=O) groups excluding carboxylic acids is 4. The number of ether oxygens (including phenoxy) is 4. The Morgan fingerprint density at radius 2 is 0.510 bits per heavy atom. The Hall–Kier alpha value is -1.94. The minimum absolute atomic E-state index is 0.108. The van der Waals surface area contributed by atoms with Gasteiger partial charge in [-0.2, -0.15) is 0 Å². The van der Waals surface area contributed by atoms with Gasteiger partial charge in [-0.1, -0.05) is 375 Å². The number of aliphatic hydroxyl groups is 1. The van der Waals surface area contributed by atoms with Crippen LogP contribution < -0.4 is 0 Å². The van der Waals surface area contributed by atoms with Crippen LogP contribution in [0, 0.1) is 11.8 Å². The van der Waals surface area contributed by atoms with Crippen molar-refractivity contribution in [3.8, 4) is 0 Å². The molecule has 0 aliphatic rings. The predicted octanol–water partition coefficient (Wildman–Crippen LogP) is 24.3. The molecule has 0 aromatic carbocycles. The van der Waals surface area contributed by atoms with Gasteiger partial charge in [0.05, 0.1) is 26.4 Å². The van der Waals surface area contributed by atoms with Crippen molar-refractivity contribution in [2.75, 3.05) is 39.6 Å². The van der Waals surface area contributed by atoms with E-state index >= 15 is 0 Å². The van der Waals surface area contributed by atoms with E-state index in [-0.39, 0.29) is 25.7 Å². The second-order valence-corrected chi connectivity index (χ2v) is 32.8. The molecule has 0 aliphatic carbocycles. The normalized spacial score (nSPS) is 14.2. The Morgan fingerprint density at radius 3 is 0.760 bits per heavy atom. The molecule has 17 nitrogen and oxygen atoms in total. The van der Waals surface area contributed by atoms with E-state index in [1.165, 1.54) is 244 Å². The van der Waals surface area contributed by atoms with Gasteiger partial charge in [-0.25, -0.2) is 9.13 Å². The summed E-state index contributed by atoms with van der Waals surface area (Å²) in [4.78, 5) is 73.0. The molecular weight excluding hydrogens is 1310 g/mol. The van der Waals surface area contributed by atoms with Crippen LogP contribution in [0.5, 0.6) is 0 Å².